The Morgan fingerprint density at radius 3 is 2.78 bits per heavy atom. The van der Waals surface area contributed by atoms with Gasteiger partial charge in [0.05, 0.1) is 4.47 Å². The molecule has 0 bridgehead atoms. The molecular weight excluding hydrogens is 304 g/mol. The summed E-state index contributed by atoms with van der Waals surface area (Å²) in [6, 6.07) is 3.47. The van der Waals surface area contributed by atoms with E-state index in [0.717, 1.165) is 10.5 Å². The molecule has 1 aromatic heterocycles. The van der Waals surface area contributed by atoms with E-state index in [1.54, 1.807) is 13.2 Å². The number of hydrogen-bond donors (Lipinski definition) is 1. The first-order valence-electron chi connectivity index (χ1n) is 5.23. The summed E-state index contributed by atoms with van der Waals surface area (Å²) >= 11 is 3.29. The van der Waals surface area contributed by atoms with Gasteiger partial charge in [0.25, 0.3) is 0 Å². The summed E-state index contributed by atoms with van der Waals surface area (Å²) in [5, 5.41) is 2.89. The highest BCUT2D eigenvalue weighted by Crippen LogP contribution is 2.19. The molecular formula is C12H10BrF2N3. The fourth-order valence-corrected chi connectivity index (χ4v) is 1.89. The van der Waals surface area contributed by atoms with E-state index in [1.165, 1.54) is 12.1 Å². The maximum Gasteiger partial charge on any atom is 0.143 e. The lowest BCUT2D eigenvalue weighted by molar-refractivity contribution is 0.573. The van der Waals surface area contributed by atoms with E-state index < -0.39 is 11.6 Å². The standard InChI is InChI=1S/C12H10BrF2N3/c1-16-12-9(13)6-17-11(18-12)4-7-2-3-8(14)5-10(7)15/h2-3,5-6H,4H2,1H3,(H,16,17,18). The average Bonchev–Trinajstić information content (AvgIpc) is 2.35. The molecule has 3 nitrogen and oxygen atoms in total. The number of rotatable bonds is 3. The Labute approximate surface area is 111 Å². The van der Waals surface area contributed by atoms with Crippen LogP contribution in [0.1, 0.15) is 11.4 Å². The third-order valence-corrected chi connectivity index (χ3v) is 2.97. The van der Waals surface area contributed by atoms with Crippen LogP contribution >= 0.6 is 15.9 Å². The molecule has 0 radical (unpaired) electrons. The Hall–Kier alpha value is -1.56. The van der Waals surface area contributed by atoms with Crippen molar-refractivity contribution in [2.24, 2.45) is 0 Å². The SMILES string of the molecule is CNc1nc(Cc2ccc(F)cc2F)ncc1Br. The molecule has 0 fully saturated rings. The first-order chi connectivity index (χ1) is 8.60. The third-order valence-electron chi connectivity index (χ3n) is 2.39. The molecule has 0 atom stereocenters. The number of nitrogens with zero attached hydrogens (tertiary/aromatic N) is 2. The van der Waals surface area contributed by atoms with E-state index >= 15 is 0 Å². The zero-order chi connectivity index (χ0) is 13.1. The van der Waals surface area contributed by atoms with Crippen LogP contribution in [0.5, 0.6) is 0 Å². The van der Waals surface area contributed by atoms with Crippen LogP contribution in [0.25, 0.3) is 0 Å². The Balaban J connectivity index is 2.28. The van der Waals surface area contributed by atoms with Crippen molar-refractivity contribution in [3.8, 4) is 0 Å². The van der Waals surface area contributed by atoms with E-state index in [-0.39, 0.29) is 6.42 Å². The molecule has 0 saturated heterocycles. The van der Waals surface area contributed by atoms with Gasteiger partial charge in [0.1, 0.15) is 23.3 Å². The van der Waals surface area contributed by atoms with E-state index in [9.17, 15) is 8.78 Å². The molecule has 1 N–H and O–H groups in total. The Kier molecular flexibility index (Phi) is 3.86. The van der Waals surface area contributed by atoms with Gasteiger partial charge in [-0.15, -0.1) is 0 Å². The molecule has 0 aliphatic carbocycles. The normalized spacial score (nSPS) is 10.4. The van der Waals surface area contributed by atoms with Gasteiger partial charge in [-0.2, -0.15) is 0 Å². The predicted molar refractivity (Wildman–Crippen MR) is 68.4 cm³/mol. The highest BCUT2D eigenvalue weighted by atomic mass is 79.9. The van der Waals surface area contributed by atoms with E-state index in [0.29, 0.717) is 17.2 Å². The maximum atomic E-state index is 13.5. The van der Waals surface area contributed by atoms with Crippen LogP contribution in [0.15, 0.2) is 28.9 Å². The molecule has 18 heavy (non-hydrogen) atoms. The molecule has 0 unspecified atom stereocenters. The summed E-state index contributed by atoms with van der Waals surface area (Å²) in [7, 11) is 1.73. The Morgan fingerprint density at radius 2 is 2.11 bits per heavy atom. The molecule has 94 valence electrons. The zero-order valence-electron chi connectivity index (χ0n) is 9.54. The highest BCUT2D eigenvalue weighted by molar-refractivity contribution is 9.10. The Morgan fingerprint density at radius 1 is 1.33 bits per heavy atom. The number of anilines is 1. The van der Waals surface area contributed by atoms with Crippen molar-refractivity contribution in [1.29, 1.82) is 0 Å². The molecule has 2 rings (SSSR count). The molecule has 1 heterocycles. The monoisotopic (exact) mass is 313 g/mol. The van der Waals surface area contributed by atoms with Gasteiger partial charge >= 0.3 is 0 Å². The second-order valence-electron chi connectivity index (χ2n) is 3.65. The van der Waals surface area contributed by atoms with Gasteiger partial charge in [-0.1, -0.05) is 6.07 Å². The van der Waals surface area contributed by atoms with Crippen molar-refractivity contribution in [2.75, 3.05) is 12.4 Å². The van der Waals surface area contributed by atoms with Gasteiger partial charge in [-0.3, -0.25) is 0 Å². The van der Waals surface area contributed by atoms with Gasteiger partial charge in [0.2, 0.25) is 0 Å². The minimum absolute atomic E-state index is 0.216. The predicted octanol–water partition coefficient (Wildman–Crippen LogP) is 3.15. The maximum absolute atomic E-state index is 13.5. The largest absolute Gasteiger partial charge is 0.372 e. The van der Waals surface area contributed by atoms with Crippen molar-refractivity contribution >= 4 is 21.7 Å². The van der Waals surface area contributed by atoms with Gasteiger partial charge < -0.3 is 5.32 Å². The summed E-state index contributed by atoms with van der Waals surface area (Å²) in [6.07, 6.45) is 1.81. The van der Waals surface area contributed by atoms with Crippen molar-refractivity contribution < 1.29 is 8.78 Å². The number of halogens is 3. The smallest absolute Gasteiger partial charge is 0.143 e. The van der Waals surface area contributed by atoms with Crippen LogP contribution in [0.2, 0.25) is 0 Å². The van der Waals surface area contributed by atoms with E-state index in [2.05, 4.69) is 31.2 Å². The minimum Gasteiger partial charge on any atom is -0.372 e. The molecule has 0 saturated carbocycles. The van der Waals surface area contributed by atoms with E-state index in [4.69, 9.17) is 0 Å². The van der Waals surface area contributed by atoms with E-state index in [1.807, 2.05) is 0 Å². The quantitative estimate of drug-likeness (QED) is 0.946. The summed E-state index contributed by atoms with van der Waals surface area (Å²) in [4.78, 5) is 8.31. The fourth-order valence-electron chi connectivity index (χ4n) is 1.50. The number of aromatic nitrogens is 2. The van der Waals surface area contributed by atoms with Crippen molar-refractivity contribution in [3.05, 3.63) is 51.9 Å². The van der Waals surface area contributed by atoms with Gasteiger partial charge in [0.15, 0.2) is 0 Å². The topological polar surface area (TPSA) is 37.8 Å². The first-order valence-corrected chi connectivity index (χ1v) is 6.02. The molecule has 6 heteroatoms. The number of hydrogen-bond acceptors (Lipinski definition) is 3. The lowest BCUT2D eigenvalue weighted by Gasteiger charge is -2.06. The number of benzene rings is 1. The second kappa shape index (κ2) is 5.39. The third kappa shape index (κ3) is 2.81. The summed E-state index contributed by atoms with van der Waals surface area (Å²) in [5.74, 6) is -0.0907. The lowest BCUT2D eigenvalue weighted by Crippen LogP contribution is -2.03. The minimum atomic E-state index is -0.594. The summed E-state index contributed by atoms with van der Waals surface area (Å²) < 4.78 is 27.0. The van der Waals surface area contributed by atoms with Crippen LogP contribution in [-0.4, -0.2) is 17.0 Å². The van der Waals surface area contributed by atoms with Crippen LogP contribution in [0, 0.1) is 11.6 Å². The summed E-state index contributed by atoms with van der Waals surface area (Å²) in [5.41, 5.74) is 0.362. The molecule has 1 aromatic carbocycles. The summed E-state index contributed by atoms with van der Waals surface area (Å²) in [6.45, 7) is 0. The highest BCUT2D eigenvalue weighted by Gasteiger charge is 2.08. The fraction of sp³-hybridized carbons (Fsp3) is 0.167. The van der Waals surface area contributed by atoms with Crippen LogP contribution in [-0.2, 0) is 6.42 Å². The number of nitrogens with one attached hydrogen (secondary N) is 1. The molecule has 0 aliphatic rings. The van der Waals surface area contributed by atoms with Crippen LogP contribution in [0.4, 0.5) is 14.6 Å². The van der Waals surface area contributed by atoms with Gasteiger partial charge in [0, 0.05) is 25.7 Å². The average molecular weight is 314 g/mol. The first kappa shape index (κ1) is 12.9. The van der Waals surface area contributed by atoms with Crippen molar-refractivity contribution in [2.45, 2.75) is 6.42 Å². The second-order valence-corrected chi connectivity index (χ2v) is 4.50. The molecule has 2 aromatic rings. The Bertz CT molecular complexity index is 575. The van der Waals surface area contributed by atoms with Crippen molar-refractivity contribution in [3.63, 3.8) is 0 Å². The van der Waals surface area contributed by atoms with Gasteiger partial charge in [-0.05, 0) is 27.6 Å². The van der Waals surface area contributed by atoms with Crippen molar-refractivity contribution in [1.82, 2.24) is 9.97 Å². The zero-order valence-corrected chi connectivity index (χ0v) is 11.1. The molecule has 0 spiro atoms. The van der Waals surface area contributed by atoms with Crippen LogP contribution < -0.4 is 5.32 Å². The molecule has 0 amide bonds. The van der Waals surface area contributed by atoms with Gasteiger partial charge in [-0.25, -0.2) is 18.7 Å². The lowest BCUT2D eigenvalue weighted by atomic mass is 10.1. The van der Waals surface area contributed by atoms with Crippen LogP contribution in [0.3, 0.4) is 0 Å². The molecule has 0 aliphatic heterocycles.